The number of carbonyl (C=O) groups is 2. The molecule has 18 heavy (non-hydrogen) atoms. The highest BCUT2D eigenvalue weighted by atomic mass is 16.5. The van der Waals surface area contributed by atoms with Crippen LogP contribution >= 0.6 is 0 Å². The lowest BCUT2D eigenvalue weighted by atomic mass is 10.1. The van der Waals surface area contributed by atoms with E-state index in [1.807, 2.05) is 0 Å². The number of rotatable bonds is 3. The van der Waals surface area contributed by atoms with Crippen LogP contribution in [-0.2, 0) is 4.74 Å². The van der Waals surface area contributed by atoms with Crippen molar-refractivity contribution in [1.82, 2.24) is 10.3 Å². The Bertz CT molecular complexity index is 455. The van der Waals surface area contributed by atoms with E-state index < -0.39 is 11.9 Å². The fourth-order valence-corrected chi connectivity index (χ4v) is 1.87. The summed E-state index contributed by atoms with van der Waals surface area (Å²) in [6.45, 7) is 1.16. The molecule has 0 spiro atoms. The average Bonchev–Trinajstić information content (AvgIpc) is 2.40. The van der Waals surface area contributed by atoms with E-state index >= 15 is 0 Å². The number of carboxylic acid groups (broad SMARTS) is 1. The van der Waals surface area contributed by atoms with E-state index in [1.165, 1.54) is 18.3 Å². The minimum atomic E-state index is -1.16. The van der Waals surface area contributed by atoms with Crippen molar-refractivity contribution >= 4 is 11.9 Å². The summed E-state index contributed by atoms with van der Waals surface area (Å²) in [5.74, 6) is -1.63. The van der Waals surface area contributed by atoms with Crippen LogP contribution in [0.25, 0.3) is 0 Å². The molecule has 96 valence electrons. The molecule has 2 rings (SSSR count). The Morgan fingerprint density at radius 1 is 1.50 bits per heavy atom. The van der Waals surface area contributed by atoms with E-state index in [9.17, 15) is 9.59 Å². The number of amides is 1. The van der Waals surface area contributed by atoms with Gasteiger partial charge in [0.15, 0.2) is 0 Å². The van der Waals surface area contributed by atoms with Crippen molar-refractivity contribution in [2.45, 2.75) is 18.9 Å². The van der Waals surface area contributed by atoms with Crippen molar-refractivity contribution in [3.8, 4) is 0 Å². The second-order valence-corrected chi connectivity index (χ2v) is 4.09. The molecule has 0 radical (unpaired) electrons. The van der Waals surface area contributed by atoms with Gasteiger partial charge in [0.25, 0.3) is 5.91 Å². The van der Waals surface area contributed by atoms with Crippen LogP contribution < -0.4 is 5.32 Å². The molecular weight excluding hydrogens is 236 g/mol. The Labute approximate surface area is 104 Å². The molecule has 1 atom stereocenters. The number of carboxylic acids is 1. The molecule has 1 amide bonds. The van der Waals surface area contributed by atoms with E-state index in [0.29, 0.717) is 13.2 Å². The second-order valence-electron chi connectivity index (χ2n) is 4.09. The molecule has 0 saturated carbocycles. The molecule has 1 saturated heterocycles. The fourth-order valence-electron chi connectivity index (χ4n) is 1.87. The molecule has 1 unspecified atom stereocenters. The number of ether oxygens (including phenoxy) is 1. The van der Waals surface area contributed by atoms with Crippen molar-refractivity contribution in [1.29, 1.82) is 0 Å². The predicted octanol–water partition coefficient (Wildman–Crippen LogP) is 0.689. The molecule has 6 heteroatoms. The quantitative estimate of drug-likeness (QED) is 0.823. The molecule has 1 aromatic rings. The topological polar surface area (TPSA) is 88.5 Å². The van der Waals surface area contributed by atoms with Crippen molar-refractivity contribution in [2.75, 3.05) is 13.2 Å². The van der Waals surface area contributed by atoms with Gasteiger partial charge in [0.1, 0.15) is 5.69 Å². The van der Waals surface area contributed by atoms with E-state index in [1.54, 1.807) is 0 Å². The van der Waals surface area contributed by atoms with Gasteiger partial charge in [-0.2, -0.15) is 0 Å². The zero-order chi connectivity index (χ0) is 13.0. The summed E-state index contributed by atoms with van der Waals surface area (Å²) in [5.41, 5.74) is -0.151. The van der Waals surface area contributed by atoms with Crippen LogP contribution in [0.5, 0.6) is 0 Å². The highest BCUT2D eigenvalue weighted by Crippen LogP contribution is 2.09. The number of aromatic carboxylic acids is 1. The average molecular weight is 250 g/mol. The monoisotopic (exact) mass is 250 g/mol. The van der Waals surface area contributed by atoms with Crippen LogP contribution in [0.2, 0.25) is 0 Å². The first-order valence-corrected chi connectivity index (χ1v) is 5.75. The number of hydrogen-bond donors (Lipinski definition) is 2. The molecule has 0 bridgehead atoms. The maximum absolute atomic E-state index is 11.9. The van der Waals surface area contributed by atoms with Gasteiger partial charge in [-0.1, -0.05) is 0 Å². The number of aromatic nitrogens is 1. The van der Waals surface area contributed by atoms with Crippen LogP contribution in [-0.4, -0.2) is 41.2 Å². The highest BCUT2D eigenvalue weighted by Gasteiger charge is 2.21. The third-order valence-corrected chi connectivity index (χ3v) is 2.75. The Morgan fingerprint density at radius 2 is 2.33 bits per heavy atom. The first kappa shape index (κ1) is 12.5. The lowest BCUT2D eigenvalue weighted by Crippen LogP contribution is -2.41. The summed E-state index contributed by atoms with van der Waals surface area (Å²) < 4.78 is 5.25. The van der Waals surface area contributed by atoms with Gasteiger partial charge in [-0.25, -0.2) is 4.79 Å². The molecule has 2 heterocycles. The van der Waals surface area contributed by atoms with E-state index in [4.69, 9.17) is 9.84 Å². The molecule has 2 N–H and O–H groups in total. The highest BCUT2D eigenvalue weighted by molar-refractivity contribution is 6.03. The Balaban J connectivity index is 2.10. The number of nitrogens with one attached hydrogen (secondary N) is 1. The fraction of sp³-hybridized carbons (Fsp3) is 0.417. The van der Waals surface area contributed by atoms with E-state index in [0.717, 1.165) is 12.8 Å². The standard InChI is InChI=1S/C12H14N2O4/c15-11(14-8-3-2-6-18-7-8)10-9(12(16)17)4-1-5-13-10/h1,4-5,8H,2-3,6-7H2,(H,14,15)(H,16,17). The van der Waals surface area contributed by atoms with Crippen molar-refractivity contribution in [3.63, 3.8) is 0 Å². The minimum absolute atomic E-state index is 0.0597. The van der Waals surface area contributed by atoms with Gasteiger partial charge in [-0.15, -0.1) is 0 Å². The maximum atomic E-state index is 11.9. The SMILES string of the molecule is O=C(O)c1cccnc1C(=O)NC1CCCOC1. The first-order chi connectivity index (χ1) is 8.68. The van der Waals surface area contributed by atoms with Gasteiger partial charge in [-0.05, 0) is 25.0 Å². The van der Waals surface area contributed by atoms with Crippen LogP contribution in [0.15, 0.2) is 18.3 Å². The van der Waals surface area contributed by atoms with Crippen molar-refractivity contribution < 1.29 is 19.4 Å². The minimum Gasteiger partial charge on any atom is -0.478 e. The van der Waals surface area contributed by atoms with Gasteiger partial charge >= 0.3 is 5.97 Å². The van der Waals surface area contributed by atoms with Crippen LogP contribution in [0.1, 0.15) is 33.7 Å². The van der Waals surface area contributed by atoms with E-state index in [2.05, 4.69) is 10.3 Å². The summed E-state index contributed by atoms with van der Waals surface area (Å²) in [4.78, 5) is 26.8. The lowest BCUT2D eigenvalue weighted by Gasteiger charge is -2.23. The zero-order valence-electron chi connectivity index (χ0n) is 9.76. The molecule has 1 aliphatic rings. The summed E-state index contributed by atoms with van der Waals surface area (Å²) in [5, 5.41) is 11.7. The largest absolute Gasteiger partial charge is 0.478 e. The van der Waals surface area contributed by atoms with Gasteiger partial charge < -0.3 is 15.2 Å². The first-order valence-electron chi connectivity index (χ1n) is 5.75. The normalized spacial score (nSPS) is 19.2. The third-order valence-electron chi connectivity index (χ3n) is 2.75. The lowest BCUT2D eigenvalue weighted by molar-refractivity contribution is 0.0614. The zero-order valence-corrected chi connectivity index (χ0v) is 9.76. The van der Waals surface area contributed by atoms with Crippen LogP contribution in [0.4, 0.5) is 0 Å². The number of carbonyl (C=O) groups excluding carboxylic acids is 1. The molecule has 1 aromatic heterocycles. The summed E-state index contributed by atoms with van der Waals surface area (Å²) in [7, 11) is 0. The summed E-state index contributed by atoms with van der Waals surface area (Å²) >= 11 is 0. The predicted molar refractivity (Wildman–Crippen MR) is 62.5 cm³/mol. The van der Waals surface area contributed by atoms with Gasteiger partial charge in [0.05, 0.1) is 18.2 Å². The van der Waals surface area contributed by atoms with Crippen molar-refractivity contribution in [3.05, 3.63) is 29.6 Å². The van der Waals surface area contributed by atoms with Crippen molar-refractivity contribution in [2.24, 2.45) is 0 Å². The second kappa shape index (κ2) is 5.59. The smallest absolute Gasteiger partial charge is 0.338 e. The molecule has 1 fully saturated rings. The summed E-state index contributed by atoms with van der Waals surface area (Å²) in [6.07, 6.45) is 3.12. The van der Waals surface area contributed by atoms with Gasteiger partial charge in [0.2, 0.25) is 0 Å². The Morgan fingerprint density at radius 3 is 3.00 bits per heavy atom. The van der Waals surface area contributed by atoms with Gasteiger partial charge in [-0.3, -0.25) is 9.78 Å². The number of nitrogens with zero attached hydrogens (tertiary/aromatic N) is 1. The van der Waals surface area contributed by atoms with Crippen LogP contribution in [0.3, 0.4) is 0 Å². The number of pyridine rings is 1. The molecule has 6 nitrogen and oxygen atoms in total. The number of hydrogen-bond acceptors (Lipinski definition) is 4. The molecule has 1 aliphatic heterocycles. The molecule has 0 aliphatic carbocycles. The molecule has 0 aromatic carbocycles. The van der Waals surface area contributed by atoms with Crippen LogP contribution in [0, 0.1) is 0 Å². The van der Waals surface area contributed by atoms with Gasteiger partial charge in [0, 0.05) is 12.8 Å². The third kappa shape index (κ3) is 2.84. The van der Waals surface area contributed by atoms with E-state index in [-0.39, 0.29) is 17.3 Å². The maximum Gasteiger partial charge on any atom is 0.338 e. The summed E-state index contributed by atoms with van der Waals surface area (Å²) in [6, 6.07) is 2.78. The molecular formula is C12H14N2O4. The Kier molecular flexibility index (Phi) is 3.88. The Hall–Kier alpha value is -1.95.